The molecule has 5 unspecified atom stereocenters. The second-order valence-corrected chi connectivity index (χ2v) is 12.4. The maximum atomic E-state index is 4.25. The van der Waals surface area contributed by atoms with Crippen LogP contribution < -0.4 is 0 Å². The Labute approximate surface area is 182 Å². The monoisotopic (exact) mass is 396 g/mol. The number of rotatable bonds is 5. The van der Waals surface area contributed by atoms with Crippen LogP contribution in [-0.4, -0.2) is 0 Å². The fourth-order valence-electron chi connectivity index (χ4n) is 6.95. The first-order valence-electron chi connectivity index (χ1n) is 12.7. The minimum absolute atomic E-state index is 0.485. The number of hydrogen-bond donors (Lipinski definition) is 0. The molecule has 0 nitrogen and oxygen atoms in total. The molecule has 0 saturated heterocycles. The Balaban J connectivity index is 1.65. The zero-order chi connectivity index (χ0) is 21.2. The topological polar surface area (TPSA) is 0 Å². The predicted molar refractivity (Wildman–Crippen MR) is 129 cm³/mol. The maximum absolute atomic E-state index is 4.25. The van der Waals surface area contributed by atoms with Gasteiger partial charge in [-0.1, -0.05) is 89.8 Å². The van der Waals surface area contributed by atoms with Gasteiger partial charge in [-0.2, -0.15) is 0 Å². The zero-order valence-electron chi connectivity index (χ0n) is 20.4. The summed E-state index contributed by atoms with van der Waals surface area (Å²) in [6.45, 7) is 19.0. The molecule has 3 aliphatic carbocycles. The summed E-state index contributed by atoms with van der Waals surface area (Å²) in [5.74, 6) is 3.34. The molecule has 3 rings (SSSR count). The van der Waals surface area contributed by atoms with Gasteiger partial charge in [0.05, 0.1) is 0 Å². The molecule has 3 fully saturated rings. The zero-order valence-corrected chi connectivity index (χ0v) is 20.4. The third-order valence-corrected chi connectivity index (χ3v) is 8.88. The minimum atomic E-state index is 0.485. The van der Waals surface area contributed by atoms with E-state index in [2.05, 4.69) is 60.3 Å². The van der Waals surface area contributed by atoms with Gasteiger partial charge in [-0.25, -0.2) is 0 Å². The van der Waals surface area contributed by atoms with Crippen LogP contribution in [0.2, 0.25) is 0 Å². The van der Waals surface area contributed by atoms with E-state index in [4.69, 9.17) is 0 Å². The lowest BCUT2D eigenvalue weighted by Gasteiger charge is -2.44. The van der Waals surface area contributed by atoms with Gasteiger partial charge in [-0.05, 0) is 92.3 Å². The van der Waals surface area contributed by atoms with E-state index in [0.29, 0.717) is 16.7 Å². The van der Waals surface area contributed by atoms with Crippen molar-refractivity contribution in [3.8, 4) is 0 Å². The Morgan fingerprint density at radius 1 is 1.14 bits per heavy atom. The van der Waals surface area contributed by atoms with Crippen LogP contribution in [0.5, 0.6) is 0 Å². The van der Waals surface area contributed by atoms with Gasteiger partial charge in [0.1, 0.15) is 0 Å². The summed E-state index contributed by atoms with van der Waals surface area (Å²) in [6, 6.07) is 0. The van der Waals surface area contributed by atoms with Gasteiger partial charge >= 0.3 is 0 Å². The van der Waals surface area contributed by atoms with Crippen LogP contribution in [0.25, 0.3) is 0 Å². The van der Waals surface area contributed by atoms with Crippen molar-refractivity contribution in [3.63, 3.8) is 0 Å². The van der Waals surface area contributed by atoms with Crippen molar-refractivity contribution in [2.45, 2.75) is 112 Å². The normalized spacial score (nSPS) is 37.2. The Kier molecular flexibility index (Phi) is 7.23. The van der Waals surface area contributed by atoms with E-state index in [1.54, 1.807) is 11.1 Å². The Bertz CT molecular complexity index is 639. The number of allylic oxidation sites excluding steroid dienone is 5. The molecule has 0 radical (unpaired) electrons. The van der Waals surface area contributed by atoms with Crippen LogP contribution >= 0.6 is 0 Å². The SMILES string of the molecule is C=C1CCC(=CC=C2CCCC3(C)C2CCC3C(C)CCCC(C)(C)C)CC1C. The van der Waals surface area contributed by atoms with Crippen molar-refractivity contribution in [1.29, 1.82) is 0 Å². The van der Waals surface area contributed by atoms with E-state index in [-0.39, 0.29) is 0 Å². The Hall–Kier alpha value is -0.780. The summed E-state index contributed by atoms with van der Waals surface area (Å²) in [6.07, 6.45) is 20.1. The van der Waals surface area contributed by atoms with Gasteiger partial charge in [-0.15, -0.1) is 0 Å². The molecule has 0 aliphatic heterocycles. The molecule has 0 aromatic rings. The summed E-state index contributed by atoms with van der Waals surface area (Å²) in [7, 11) is 0. The lowest BCUT2D eigenvalue weighted by molar-refractivity contribution is 0.0920. The second-order valence-electron chi connectivity index (χ2n) is 12.4. The highest BCUT2D eigenvalue weighted by Crippen LogP contribution is 2.60. The fourth-order valence-corrected chi connectivity index (χ4v) is 6.95. The van der Waals surface area contributed by atoms with Crippen molar-refractivity contribution < 1.29 is 0 Å². The van der Waals surface area contributed by atoms with Crippen molar-refractivity contribution in [2.24, 2.45) is 34.5 Å². The lowest BCUT2D eigenvalue weighted by atomic mass is 9.60. The average Bonchev–Trinajstić information content (AvgIpc) is 2.99. The Morgan fingerprint density at radius 2 is 1.90 bits per heavy atom. The average molecular weight is 397 g/mol. The third kappa shape index (κ3) is 5.48. The van der Waals surface area contributed by atoms with Gasteiger partial charge in [0, 0.05) is 0 Å². The molecule has 164 valence electrons. The first-order valence-corrected chi connectivity index (χ1v) is 12.7. The summed E-state index contributed by atoms with van der Waals surface area (Å²) >= 11 is 0. The van der Waals surface area contributed by atoms with Crippen LogP contribution in [0.15, 0.2) is 35.5 Å². The third-order valence-electron chi connectivity index (χ3n) is 8.88. The molecule has 0 spiro atoms. The molecule has 0 aromatic heterocycles. The van der Waals surface area contributed by atoms with Gasteiger partial charge in [-0.3, -0.25) is 0 Å². The number of hydrogen-bond acceptors (Lipinski definition) is 0. The lowest BCUT2D eigenvalue weighted by Crippen LogP contribution is -2.36. The maximum Gasteiger partial charge on any atom is -0.0143 e. The van der Waals surface area contributed by atoms with Crippen LogP contribution in [0.1, 0.15) is 112 Å². The first-order chi connectivity index (χ1) is 13.6. The summed E-state index contributed by atoms with van der Waals surface area (Å²) in [4.78, 5) is 0. The minimum Gasteiger partial charge on any atom is -0.0996 e. The second kappa shape index (κ2) is 9.15. The Morgan fingerprint density at radius 3 is 2.59 bits per heavy atom. The standard InChI is InChI=1S/C29H48/c1-21-12-13-24(20-23(21)3)14-15-25-11-9-19-29(7)26(16-17-27(25)29)22(2)10-8-18-28(4,5)6/h14-15,22-23,26-27H,1,8-13,16-20H2,2-7H3. The van der Waals surface area contributed by atoms with Gasteiger partial charge in [0.15, 0.2) is 0 Å². The molecule has 0 bridgehead atoms. The molecule has 0 heteroatoms. The molecule has 3 saturated carbocycles. The molecule has 0 amide bonds. The smallest absolute Gasteiger partial charge is 0.0143 e. The van der Waals surface area contributed by atoms with Crippen molar-refractivity contribution in [2.75, 3.05) is 0 Å². The van der Waals surface area contributed by atoms with E-state index in [1.807, 2.05) is 0 Å². The molecule has 5 atom stereocenters. The van der Waals surface area contributed by atoms with E-state index >= 15 is 0 Å². The van der Waals surface area contributed by atoms with Crippen molar-refractivity contribution in [3.05, 3.63) is 35.5 Å². The molecule has 0 N–H and O–H groups in total. The first kappa shape index (κ1) is 22.9. The van der Waals surface area contributed by atoms with Gasteiger partial charge < -0.3 is 0 Å². The fraction of sp³-hybridized carbons (Fsp3) is 0.793. The molecule has 0 aromatic carbocycles. The highest BCUT2D eigenvalue weighted by atomic mass is 14.5. The van der Waals surface area contributed by atoms with Crippen LogP contribution in [0, 0.1) is 34.5 Å². The molecule has 0 heterocycles. The van der Waals surface area contributed by atoms with E-state index < -0.39 is 0 Å². The molecular formula is C29H48. The number of fused-ring (bicyclic) bond motifs is 1. The summed E-state index contributed by atoms with van der Waals surface area (Å²) in [5, 5.41) is 0. The predicted octanol–water partition coefficient (Wildman–Crippen LogP) is 9.28. The van der Waals surface area contributed by atoms with E-state index in [1.165, 1.54) is 76.2 Å². The van der Waals surface area contributed by atoms with Gasteiger partial charge in [0.2, 0.25) is 0 Å². The largest absolute Gasteiger partial charge is 0.0996 e. The van der Waals surface area contributed by atoms with E-state index in [9.17, 15) is 0 Å². The van der Waals surface area contributed by atoms with Crippen LogP contribution in [0.4, 0.5) is 0 Å². The molecular weight excluding hydrogens is 348 g/mol. The van der Waals surface area contributed by atoms with Crippen LogP contribution in [-0.2, 0) is 0 Å². The highest BCUT2D eigenvalue weighted by molar-refractivity contribution is 5.27. The summed E-state index contributed by atoms with van der Waals surface area (Å²) in [5.41, 5.74) is 5.94. The summed E-state index contributed by atoms with van der Waals surface area (Å²) < 4.78 is 0. The van der Waals surface area contributed by atoms with Crippen LogP contribution in [0.3, 0.4) is 0 Å². The molecule has 3 aliphatic rings. The van der Waals surface area contributed by atoms with E-state index in [0.717, 1.165) is 17.8 Å². The molecule has 29 heavy (non-hydrogen) atoms. The van der Waals surface area contributed by atoms with Gasteiger partial charge in [0.25, 0.3) is 0 Å². The quantitative estimate of drug-likeness (QED) is 0.406. The van der Waals surface area contributed by atoms with Crippen molar-refractivity contribution in [1.82, 2.24) is 0 Å². The highest BCUT2D eigenvalue weighted by Gasteiger charge is 2.50. The van der Waals surface area contributed by atoms with Crippen molar-refractivity contribution >= 4 is 0 Å².